The molecule has 3 heteroatoms. The van der Waals surface area contributed by atoms with Crippen molar-refractivity contribution in [1.82, 2.24) is 0 Å². The van der Waals surface area contributed by atoms with Crippen LogP contribution in [-0.2, 0) is 5.60 Å². The number of thiophene rings is 1. The van der Waals surface area contributed by atoms with Gasteiger partial charge in [0.1, 0.15) is 5.60 Å². The first-order chi connectivity index (χ1) is 7.77. The van der Waals surface area contributed by atoms with Crippen LogP contribution in [-0.4, -0.2) is 10.4 Å². The molecule has 0 saturated heterocycles. The average molecular weight is 297 g/mol. The van der Waals surface area contributed by atoms with Gasteiger partial charge < -0.3 is 5.11 Å². The van der Waals surface area contributed by atoms with Crippen molar-refractivity contribution in [1.29, 1.82) is 0 Å². The fourth-order valence-electron chi connectivity index (χ4n) is 1.77. The molecule has 0 aliphatic carbocycles. The maximum atomic E-state index is 10.8. The Balaban J connectivity index is 2.44. The first kappa shape index (κ1) is 11.8. The third kappa shape index (κ3) is 2.21. The predicted octanol–water partition coefficient (Wildman–Crippen LogP) is 3.77. The van der Waals surface area contributed by atoms with Gasteiger partial charge in [0.2, 0.25) is 0 Å². The molecule has 0 aliphatic heterocycles. The van der Waals surface area contributed by atoms with Crippen molar-refractivity contribution in [3.05, 3.63) is 58.3 Å². The highest BCUT2D eigenvalue weighted by atomic mass is 79.9. The summed E-state index contributed by atoms with van der Waals surface area (Å²) < 4.78 is 0. The lowest BCUT2D eigenvalue weighted by Gasteiger charge is -2.27. The number of rotatable bonds is 4. The van der Waals surface area contributed by atoms with Gasteiger partial charge in [0.05, 0.1) is 0 Å². The van der Waals surface area contributed by atoms with Gasteiger partial charge in [-0.15, -0.1) is 11.3 Å². The van der Waals surface area contributed by atoms with E-state index in [9.17, 15) is 5.11 Å². The summed E-state index contributed by atoms with van der Waals surface area (Å²) in [7, 11) is 0. The minimum Gasteiger partial charge on any atom is -0.380 e. The molecule has 1 heterocycles. The summed E-state index contributed by atoms with van der Waals surface area (Å²) in [5, 5.41) is 13.6. The second kappa shape index (κ2) is 5.13. The van der Waals surface area contributed by atoms with Gasteiger partial charge in [-0.25, -0.2) is 0 Å². The standard InChI is InChI=1S/C13H13BrOS/c14-9-8-13(15,12-7-4-10-16-12)11-5-2-1-3-6-11/h1-7,10,15H,8-9H2. The molecule has 0 spiro atoms. The van der Waals surface area contributed by atoms with Crippen LogP contribution in [0.1, 0.15) is 16.9 Å². The molecule has 0 saturated carbocycles. The van der Waals surface area contributed by atoms with Gasteiger partial charge >= 0.3 is 0 Å². The molecule has 2 aromatic rings. The van der Waals surface area contributed by atoms with E-state index in [1.54, 1.807) is 11.3 Å². The van der Waals surface area contributed by atoms with Crippen molar-refractivity contribution >= 4 is 27.3 Å². The molecule has 1 aromatic carbocycles. The molecule has 1 aromatic heterocycles. The second-order valence-electron chi connectivity index (χ2n) is 3.64. The molecule has 0 fully saturated rings. The number of aliphatic hydroxyl groups is 1. The lowest BCUT2D eigenvalue weighted by molar-refractivity contribution is 0.0820. The van der Waals surface area contributed by atoms with Gasteiger partial charge in [0, 0.05) is 10.2 Å². The number of hydrogen-bond donors (Lipinski definition) is 1. The highest BCUT2D eigenvalue weighted by molar-refractivity contribution is 9.09. The van der Waals surface area contributed by atoms with Crippen LogP contribution in [0.3, 0.4) is 0 Å². The number of hydrogen-bond acceptors (Lipinski definition) is 2. The Hall–Kier alpha value is -0.640. The molecule has 16 heavy (non-hydrogen) atoms. The van der Waals surface area contributed by atoms with Crippen molar-refractivity contribution in [2.24, 2.45) is 0 Å². The van der Waals surface area contributed by atoms with Crippen LogP contribution in [0.15, 0.2) is 47.8 Å². The van der Waals surface area contributed by atoms with Crippen LogP contribution in [0, 0.1) is 0 Å². The van der Waals surface area contributed by atoms with Crippen LogP contribution < -0.4 is 0 Å². The fraction of sp³-hybridized carbons (Fsp3) is 0.231. The molecule has 2 rings (SSSR count). The van der Waals surface area contributed by atoms with Gasteiger partial charge in [-0.2, -0.15) is 0 Å². The summed E-state index contributed by atoms with van der Waals surface area (Å²) in [6, 6.07) is 13.8. The Morgan fingerprint density at radius 3 is 2.44 bits per heavy atom. The first-order valence-corrected chi connectivity index (χ1v) is 7.15. The Labute approximate surface area is 108 Å². The summed E-state index contributed by atoms with van der Waals surface area (Å²) in [5.41, 5.74) is 0.0933. The Bertz CT molecular complexity index is 426. The second-order valence-corrected chi connectivity index (χ2v) is 5.38. The van der Waals surface area contributed by atoms with Crippen molar-refractivity contribution in [2.75, 3.05) is 5.33 Å². The Morgan fingerprint density at radius 1 is 1.12 bits per heavy atom. The molecule has 1 N–H and O–H groups in total. The number of halogens is 1. The molecule has 84 valence electrons. The summed E-state index contributed by atoms with van der Waals surface area (Å²) in [5.74, 6) is 0. The van der Waals surface area contributed by atoms with E-state index in [-0.39, 0.29) is 0 Å². The topological polar surface area (TPSA) is 20.2 Å². The van der Waals surface area contributed by atoms with Crippen molar-refractivity contribution in [3.63, 3.8) is 0 Å². The third-order valence-corrected chi connectivity index (χ3v) is 4.05. The van der Waals surface area contributed by atoms with Crippen molar-refractivity contribution < 1.29 is 5.11 Å². The zero-order valence-corrected chi connectivity index (χ0v) is 11.2. The highest BCUT2D eigenvalue weighted by Gasteiger charge is 2.31. The zero-order valence-electron chi connectivity index (χ0n) is 8.77. The molecule has 1 unspecified atom stereocenters. The zero-order chi connectivity index (χ0) is 11.4. The van der Waals surface area contributed by atoms with E-state index in [0.29, 0.717) is 6.42 Å². The smallest absolute Gasteiger partial charge is 0.124 e. The van der Waals surface area contributed by atoms with E-state index in [1.807, 2.05) is 47.8 Å². The SMILES string of the molecule is OC(CCBr)(c1ccccc1)c1cccs1. The largest absolute Gasteiger partial charge is 0.380 e. The average Bonchev–Trinajstić information content (AvgIpc) is 2.84. The van der Waals surface area contributed by atoms with Gasteiger partial charge in [0.25, 0.3) is 0 Å². The molecular formula is C13H13BrOS. The van der Waals surface area contributed by atoms with Crippen LogP contribution in [0.4, 0.5) is 0 Å². The molecule has 1 atom stereocenters. The van der Waals surface area contributed by atoms with Crippen molar-refractivity contribution in [3.8, 4) is 0 Å². The van der Waals surface area contributed by atoms with Gasteiger partial charge in [-0.1, -0.05) is 52.3 Å². The van der Waals surface area contributed by atoms with Gasteiger partial charge in [-0.3, -0.25) is 0 Å². The molecule has 0 amide bonds. The third-order valence-electron chi connectivity index (χ3n) is 2.64. The maximum absolute atomic E-state index is 10.8. The summed E-state index contributed by atoms with van der Waals surface area (Å²) in [6.45, 7) is 0. The van der Waals surface area contributed by atoms with E-state index < -0.39 is 5.60 Å². The number of benzene rings is 1. The number of alkyl halides is 1. The summed E-state index contributed by atoms with van der Waals surface area (Å²) in [4.78, 5) is 0.998. The summed E-state index contributed by atoms with van der Waals surface area (Å²) >= 11 is 5.01. The van der Waals surface area contributed by atoms with E-state index in [0.717, 1.165) is 15.8 Å². The van der Waals surface area contributed by atoms with Crippen LogP contribution in [0.5, 0.6) is 0 Å². The normalized spacial score (nSPS) is 14.6. The lowest BCUT2D eigenvalue weighted by atomic mass is 9.90. The molecule has 0 bridgehead atoms. The van der Waals surface area contributed by atoms with Crippen LogP contribution in [0.25, 0.3) is 0 Å². The molecule has 0 radical (unpaired) electrons. The maximum Gasteiger partial charge on any atom is 0.124 e. The highest BCUT2D eigenvalue weighted by Crippen LogP contribution is 2.36. The first-order valence-electron chi connectivity index (χ1n) is 5.15. The minimum absolute atomic E-state index is 0.678. The fourth-order valence-corrected chi connectivity index (χ4v) is 3.22. The lowest BCUT2D eigenvalue weighted by Crippen LogP contribution is -2.26. The van der Waals surface area contributed by atoms with E-state index in [1.165, 1.54) is 0 Å². The monoisotopic (exact) mass is 296 g/mol. The van der Waals surface area contributed by atoms with E-state index in [2.05, 4.69) is 15.9 Å². The van der Waals surface area contributed by atoms with Gasteiger partial charge in [0.15, 0.2) is 0 Å². The van der Waals surface area contributed by atoms with Crippen LogP contribution >= 0.6 is 27.3 Å². The molecule has 0 aliphatic rings. The summed E-state index contributed by atoms with van der Waals surface area (Å²) in [6.07, 6.45) is 0.678. The van der Waals surface area contributed by atoms with Crippen molar-refractivity contribution in [2.45, 2.75) is 12.0 Å². The Morgan fingerprint density at radius 2 is 1.88 bits per heavy atom. The minimum atomic E-state index is -0.862. The van der Waals surface area contributed by atoms with E-state index in [4.69, 9.17) is 0 Å². The van der Waals surface area contributed by atoms with E-state index >= 15 is 0 Å². The van der Waals surface area contributed by atoms with Crippen LogP contribution in [0.2, 0.25) is 0 Å². The predicted molar refractivity (Wildman–Crippen MR) is 72.2 cm³/mol. The molecular weight excluding hydrogens is 284 g/mol. The van der Waals surface area contributed by atoms with Gasteiger partial charge in [-0.05, 0) is 23.4 Å². The Kier molecular flexibility index (Phi) is 3.79. The molecule has 1 nitrogen and oxygen atoms in total. The quantitative estimate of drug-likeness (QED) is 0.852.